The Morgan fingerprint density at radius 3 is 2.74 bits per heavy atom. The van der Waals surface area contributed by atoms with E-state index in [1.807, 2.05) is 30.3 Å². The highest BCUT2D eigenvalue weighted by molar-refractivity contribution is 5.76. The molecule has 1 aromatic rings. The molecule has 4 nitrogen and oxygen atoms in total. The van der Waals surface area contributed by atoms with Crippen LogP contribution in [0.15, 0.2) is 30.3 Å². The lowest BCUT2D eigenvalue weighted by Gasteiger charge is -2.43. The van der Waals surface area contributed by atoms with Gasteiger partial charge in [-0.15, -0.1) is 0 Å². The average molecular weight is 317 g/mol. The summed E-state index contributed by atoms with van der Waals surface area (Å²) in [5.74, 6) is 0.768. The second-order valence-corrected chi connectivity index (χ2v) is 7.50. The molecule has 23 heavy (non-hydrogen) atoms. The number of piperidine rings is 1. The normalized spacial score (nSPS) is 21.0. The average Bonchev–Trinajstić information content (AvgIpc) is 2.54. The Kier molecular flexibility index (Phi) is 6.19. The molecule has 1 aliphatic rings. The van der Waals surface area contributed by atoms with Crippen LogP contribution in [0.5, 0.6) is 0 Å². The maximum Gasteiger partial charge on any atom is 0.221 e. The fraction of sp³-hybridized carbons (Fsp3) is 0.632. The second-order valence-electron chi connectivity index (χ2n) is 7.50. The number of nitrogens with one attached hydrogen (secondary N) is 1. The van der Waals surface area contributed by atoms with Crippen molar-refractivity contribution in [3.8, 4) is 0 Å². The van der Waals surface area contributed by atoms with Gasteiger partial charge in [0.15, 0.2) is 0 Å². The number of rotatable bonds is 6. The monoisotopic (exact) mass is 317 g/mol. The third-order valence-corrected chi connectivity index (χ3v) is 4.86. The molecule has 2 rings (SSSR count). The fourth-order valence-corrected chi connectivity index (χ4v) is 3.26. The predicted octanol–water partition coefficient (Wildman–Crippen LogP) is 2.70. The Morgan fingerprint density at radius 1 is 1.39 bits per heavy atom. The zero-order valence-corrected chi connectivity index (χ0v) is 14.7. The summed E-state index contributed by atoms with van der Waals surface area (Å²) in [6.07, 6.45) is 2.89. The van der Waals surface area contributed by atoms with Crippen LogP contribution in [0.3, 0.4) is 0 Å². The Morgan fingerprint density at radius 2 is 2.09 bits per heavy atom. The number of hydrogen-bond donors (Lipinski definition) is 2. The minimum Gasteiger partial charge on any atom is -0.354 e. The van der Waals surface area contributed by atoms with Crippen molar-refractivity contribution in [3.05, 3.63) is 35.9 Å². The van der Waals surface area contributed by atoms with Crippen LogP contribution in [0.4, 0.5) is 0 Å². The first kappa shape index (κ1) is 18.0. The first-order valence-corrected chi connectivity index (χ1v) is 8.71. The number of nitrogens with two attached hydrogens (primary N) is 1. The van der Waals surface area contributed by atoms with Crippen molar-refractivity contribution in [1.82, 2.24) is 10.2 Å². The standard InChI is InChI=1S/C19H31N3O/c1-15-8-7-11-22(13-15)19(2,3)14-21-18(23)12-17(20)16-9-5-4-6-10-16/h4-6,9-10,15,17H,7-8,11-14,20H2,1-3H3,(H,21,23). The van der Waals surface area contributed by atoms with Gasteiger partial charge in [-0.1, -0.05) is 37.3 Å². The molecule has 0 aromatic heterocycles. The van der Waals surface area contributed by atoms with Gasteiger partial charge >= 0.3 is 0 Å². The summed E-state index contributed by atoms with van der Waals surface area (Å²) in [5, 5.41) is 3.08. The summed E-state index contributed by atoms with van der Waals surface area (Å²) < 4.78 is 0. The van der Waals surface area contributed by atoms with Crippen LogP contribution in [0.1, 0.15) is 51.6 Å². The molecule has 0 aliphatic carbocycles. The van der Waals surface area contributed by atoms with Crippen LogP contribution in [0.25, 0.3) is 0 Å². The lowest BCUT2D eigenvalue weighted by atomic mass is 9.93. The molecule has 1 saturated heterocycles. The number of nitrogens with zero attached hydrogens (tertiary/aromatic N) is 1. The van der Waals surface area contributed by atoms with Crippen LogP contribution >= 0.6 is 0 Å². The summed E-state index contributed by atoms with van der Waals surface area (Å²) in [5.41, 5.74) is 7.12. The van der Waals surface area contributed by atoms with Gasteiger partial charge in [0.25, 0.3) is 0 Å². The molecule has 1 aromatic carbocycles. The van der Waals surface area contributed by atoms with Crippen molar-refractivity contribution in [2.24, 2.45) is 11.7 Å². The Labute approximate surface area is 140 Å². The van der Waals surface area contributed by atoms with Crippen LogP contribution in [0.2, 0.25) is 0 Å². The van der Waals surface area contributed by atoms with Gasteiger partial charge in [-0.2, -0.15) is 0 Å². The molecule has 2 unspecified atom stereocenters. The van der Waals surface area contributed by atoms with E-state index in [4.69, 9.17) is 5.73 Å². The number of hydrogen-bond acceptors (Lipinski definition) is 3. The molecule has 4 heteroatoms. The maximum atomic E-state index is 12.2. The van der Waals surface area contributed by atoms with E-state index in [0.29, 0.717) is 13.0 Å². The van der Waals surface area contributed by atoms with Crippen LogP contribution in [-0.4, -0.2) is 36.0 Å². The molecule has 3 N–H and O–H groups in total. The molecule has 1 amide bonds. The van der Waals surface area contributed by atoms with Crippen molar-refractivity contribution in [2.75, 3.05) is 19.6 Å². The van der Waals surface area contributed by atoms with E-state index < -0.39 is 0 Å². The smallest absolute Gasteiger partial charge is 0.221 e. The van der Waals surface area contributed by atoms with E-state index >= 15 is 0 Å². The van der Waals surface area contributed by atoms with Gasteiger partial charge in [-0.3, -0.25) is 9.69 Å². The summed E-state index contributed by atoms with van der Waals surface area (Å²) in [7, 11) is 0. The lowest BCUT2D eigenvalue weighted by Crippen LogP contribution is -2.54. The van der Waals surface area contributed by atoms with Gasteiger partial charge in [0, 0.05) is 31.1 Å². The topological polar surface area (TPSA) is 58.4 Å². The highest BCUT2D eigenvalue weighted by Gasteiger charge is 2.30. The first-order valence-electron chi connectivity index (χ1n) is 8.71. The number of benzene rings is 1. The Balaban J connectivity index is 1.81. The van der Waals surface area contributed by atoms with Crippen molar-refractivity contribution < 1.29 is 4.79 Å². The summed E-state index contributed by atoms with van der Waals surface area (Å²) >= 11 is 0. The molecule has 1 fully saturated rings. The molecule has 0 spiro atoms. The SMILES string of the molecule is CC1CCCN(C(C)(C)CNC(=O)CC(N)c2ccccc2)C1. The van der Waals surface area contributed by atoms with Crippen molar-refractivity contribution in [1.29, 1.82) is 0 Å². The van der Waals surface area contributed by atoms with Gasteiger partial charge in [0.05, 0.1) is 0 Å². The van der Waals surface area contributed by atoms with Crippen molar-refractivity contribution in [3.63, 3.8) is 0 Å². The molecular formula is C19H31N3O. The second kappa shape index (κ2) is 7.93. The molecule has 2 atom stereocenters. The van der Waals surface area contributed by atoms with E-state index in [0.717, 1.165) is 24.6 Å². The Bertz CT molecular complexity index is 501. The molecule has 1 aliphatic heterocycles. The molecular weight excluding hydrogens is 286 g/mol. The zero-order valence-electron chi connectivity index (χ0n) is 14.7. The lowest BCUT2D eigenvalue weighted by molar-refractivity contribution is -0.122. The fourth-order valence-electron chi connectivity index (χ4n) is 3.26. The number of carbonyl (C=O) groups excluding carboxylic acids is 1. The minimum absolute atomic E-state index is 0.0127. The highest BCUT2D eigenvalue weighted by Crippen LogP contribution is 2.23. The van der Waals surface area contributed by atoms with Crippen LogP contribution in [0, 0.1) is 5.92 Å². The van der Waals surface area contributed by atoms with Crippen LogP contribution < -0.4 is 11.1 Å². The molecule has 1 heterocycles. The third kappa shape index (κ3) is 5.33. The van der Waals surface area contributed by atoms with Crippen molar-refractivity contribution in [2.45, 2.75) is 51.6 Å². The molecule has 0 saturated carbocycles. The van der Waals surface area contributed by atoms with Gasteiger partial charge in [0.1, 0.15) is 0 Å². The summed E-state index contributed by atoms with van der Waals surface area (Å²) in [6.45, 7) is 9.63. The number of carbonyl (C=O) groups is 1. The number of likely N-dealkylation sites (tertiary alicyclic amines) is 1. The zero-order chi connectivity index (χ0) is 16.9. The van der Waals surface area contributed by atoms with Crippen LogP contribution in [-0.2, 0) is 4.79 Å². The minimum atomic E-state index is -0.241. The van der Waals surface area contributed by atoms with E-state index in [1.165, 1.54) is 12.8 Å². The first-order chi connectivity index (χ1) is 10.9. The van der Waals surface area contributed by atoms with Crippen molar-refractivity contribution >= 4 is 5.91 Å². The quantitative estimate of drug-likeness (QED) is 0.848. The largest absolute Gasteiger partial charge is 0.354 e. The van der Waals surface area contributed by atoms with Gasteiger partial charge in [-0.25, -0.2) is 0 Å². The maximum absolute atomic E-state index is 12.2. The van der Waals surface area contributed by atoms with E-state index in [-0.39, 0.29) is 17.5 Å². The molecule has 128 valence electrons. The van der Waals surface area contributed by atoms with E-state index in [1.54, 1.807) is 0 Å². The predicted molar refractivity (Wildman–Crippen MR) is 95.0 cm³/mol. The summed E-state index contributed by atoms with van der Waals surface area (Å²) in [6, 6.07) is 9.56. The van der Waals surface area contributed by atoms with E-state index in [9.17, 15) is 4.79 Å². The summed E-state index contributed by atoms with van der Waals surface area (Å²) in [4.78, 5) is 14.7. The van der Waals surface area contributed by atoms with E-state index in [2.05, 4.69) is 31.0 Å². The molecule has 0 radical (unpaired) electrons. The Hall–Kier alpha value is -1.39. The van der Waals surface area contributed by atoms with Gasteiger partial charge in [-0.05, 0) is 44.7 Å². The van der Waals surface area contributed by atoms with Gasteiger partial charge in [0.2, 0.25) is 5.91 Å². The molecule has 0 bridgehead atoms. The number of amides is 1. The highest BCUT2D eigenvalue weighted by atomic mass is 16.1. The van der Waals surface area contributed by atoms with Gasteiger partial charge < -0.3 is 11.1 Å². The third-order valence-electron chi connectivity index (χ3n) is 4.86.